The van der Waals surface area contributed by atoms with Crippen molar-refractivity contribution in [1.82, 2.24) is 29.1 Å². The Morgan fingerprint density at radius 1 is 1.03 bits per heavy atom. The molecule has 10 nitrogen and oxygen atoms in total. The number of nitrogens with one attached hydrogen (secondary N) is 1. The smallest absolute Gasteiger partial charge is 0.412 e. The van der Waals surface area contributed by atoms with Gasteiger partial charge in [0.05, 0.1) is 31.8 Å². The van der Waals surface area contributed by atoms with Crippen molar-refractivity contribution in [1.29, 1.82) is 0 Å². The number of ether oxygens (including phenoxy) is 2. The lowest BCUT2D eigenvalue weighted by atomic mass is 10.2. The fourth-order valence-electron chi connectivity index (χ4n) is 3.66. The van der Waals surface area contributed by atoms with Crippen LogP contribution in [-0.2, 0) is 4.74 Å². The van der Waals surface area contributed by atoms with Crippen LogP contribution >= 0.6 is 0 Å². The minimum absolute atomic E-state index is 0.117. The molecule has 0 saturated carbocycles. The Morgan fingerprint density at radius 3 is 2.60 bits per heavy atom. The predicted octanol–water partition coefficient (Wildman–Crippen LogP) is 4.28. The van der Waals surface area contributed by atoms with Crippen LogP contribution in [0.2, 0.25) is 0 Å². The number of imidazole rings is 1. The van der Waals surface area contributed by atoms with E-state index in [1.54, 1.807) is 42.2 Å². The number of pyridine rings is 2. The molecule has 0 saturated heterocycles. The number of carbonyl (C=O) groups excluding carboxylic acids is 1. The molecule has 1 N–H and O–H groups in total. The van der Waals surface area contributed by atoms with Crippen LogP contribution in [0.15, 0.2) is 61.1 Å². The van der Waals surface area contributed by atoms with Gasteiger partial charge in [-0.15, -0.1) is 0 Å². The third-order valence-electron chi connectivity index (χ3n) is 5.33. The number of amides is 1. The predicted molar refractivity (Wildman–Crippen MR) is 126 cm³/mol. The van der Waals surface area contributed by atoms with Crippen LogP contribution in [0.5, 0.6) is 5.75 Å². The molecular weight excluding hydrogens is 453 g/mol. The summed E-state index contributed by atoms with van der Waals surface area (Å²) in [4.78, 5) is 24.7. The minimum Gasteiger partial charge on any atom is -0.494 e. The summed E-state index contributed by atoms with van der Waals surface area (Å²) in [6.45, 7) is 1.79. The van der Waals surface area contributed by atoms with Gasteiger partial charge in [-0.3, -0.25) is 9.72 Å². The summed E-state index contributed by atoms with van der Waals surface area (Å²) in [7, 11) is 2.70. The lowest BCUT2D eigenvalue weighted by Gasteiger charge is -2.10. The first kappa shape index (κ1) is 22.0. The summed E-state index contributed by atoms with van der Waals surface area (Å²) in [5.74, 6) is 1.17. The normalized spacial score (nSPS) is 11.0. The van der Waals surface area contributed by atoms with Crippen LogP contribution in [0.25, 0.3) is 34.0 Å². The van der Waals surface area contributed by atoms with E-state index in [0.29, 0.717) is 23.2 Å². The molecule has 0 aliphatic carbocycles. The first-order valence-corrected chi connectivity index (χ1v) is 10.5. The fraction of sp³-hybridized carbons (Fsp3) is 0.125. The molecule has 5 rings (SSSR count). The average Bonchev–Trinajstić information content (AvgIpc) is 3.48. The van der Waals surface area contributed by atoms with Crippen molar-refractivity contribution >= 4 is 17.6 Å². The molecule has 35 heavy (non-hydrogen) atoms. The Bertz CT molecular complexity index is 1540. The molecule has 0 aliphatic rings. The zero-order valence-corrected chi connectivity index (χ0v) is 19.1. The molecular formula is C24H20FN7O3. The van der Waals surface area contributed by atoms with Crippen molar-refractivity contribution in [3.05, 3.63) is 72.7 Å². The number of aryl methyl sites for hydroxylation is 1. The van der Waals surface area contributed by atoms with E-state index in [9.17, 15) is 9.18 Å². The second-order valence-electron chi connectivity index (χ2n) is 7.55. The Morgan fingerprint density at radius 2 is 1.86 bits per heavy atom. The van der Waals surface area contributed by atoms with Crippen molar-refractivity contribution in [2.45, 2.75) is 6.92 Å². The van der Waals surface area contributed by atoms with Crippen LogP contribution in [0.4, 0.5) is 15.0 Å². The molecule has 176 valence electrons. The van der Waals surface area contributed by atoms with Gasteiger partial charge in [0.2, 0.25) is 0 Å². The molecule has 1 aromatic carbocycles. The Hall–Kier alpha value is -4.80. The molecule has 0 fully saturated rings. The van der Waals surface area contributed by atoms with Crippen LogP contribution in [0.3, 0.4) is 0 Å². The Labute approximate surface area is 199 Å². The maximum atomic E-state index is 14.0. The zero-order chi connectivity index (χ0) is 24.5. The summed E-state index contributed by atoms with van der Waals surface area (Å²) in [5.41, 5.74) is 3.71. The van der Waals surface area contributed by atoms with Gasteiger partial charge in [0.15, 0.2) is 17.4 Å². The summed E-state index contributed by atoms with van der Waals surface area (Å²) in [6, 6.07) is 11.8. The summed E-state index contributed by atoms with van der Waals surface area (Å²) < 4.78 is 27.2. The molecule has 0 aliphatic heterocycles. The highest BCUT2D eigenvalue weighted by Crippen LogP contribution is 2.28. The largest absolute Gasteiger partial charge is 0.494 e. The fourth-order valence-corrected chi connectivity index (χ4v) is 3.66. The SMILES string of the molecule is COC(=O)Nc1ccc(-c2cnc3ccc(-c4nc(C)nn4-c4ccc(F)c(OC)c4)cn23)cn1. The van der Waals surface area contributed by atoms with E-state index in [1.165, 1.54) is 20.3 Å². The molecule has 1 amide bonds. The molecule has 0 bridgehead atoms. The van der Waals surface area contributed by atoms with Gasteiger partial charge in [-0.25, -0.2) is 28.8 Å². The Balaban J connectivity index is 1.56. The third kappa shape index (κ3) is 4.14. The van der Waals surface area contributed by atoms with Crippen molar-refractivity contribution in [2.24, 2.45) is 0 Å². The first-order chi connectivity index (χ1) is 17.0. The number of benzene rings is 1. The third-order valence-corrected chi connectivity index (χ3v) is 5.33. The maximum Gasteiger partial charge on any atom is 0.412 e. The van der Waals surface area contributed by atoms with Crippen molar-refractivity contribution in [3.63, 3.8) is 0 Å². The van der Waals surface area contributed by atoms with E-state index in [2.05, 4.69) is 30.1 Å². The number of hydrogen-bond acceptors (Lipinski definition) is 7. The second-order valence-corrected chi connectivity index (χ2v) is 7.55. The molecule has 0 atom stereocenters. The number of aromatic nitrogens is 6. The molecule has 4 aromatic heterocycles. The highest BCUT2D eigenvalue weighted by molar-refractivity contribution is 5.83. The standard InChI is InChI=1S/C24H20FN7O3/c1-14-28-23(32(30-14)17-6-7-18(25)20(10-17)34-2)16-5-9-22-27-12-19(31(22)13-16)15-4-8-21(26-11-15)29-24(33)35-3/h4-13H,1-3H3,(H,26,29,33). The highest BCUT2D eigenvalue weighted by atomic mass is 19.1. The lowest BCUT2D eigenvalue weighted by Crippen LogP contribution is -2.11. The van der Waals surface area contributed by atoms with Crippen molar-refractivity contribution in [3.8, 4) is 34.1 Å². The van der Waals surface area contributed by atoms with Gasteiger partial charge < -0.3 is 9.47 Å². The van der Waals surface area contributed by atoms with Gasteiger partial charge in [0.25, 0.3) is 0 Å². The van der Waals surface area contributed by atoms with Gasteiger partial charge in [-0.1, -0.05) is 0 Å². The van der Waals surface area contributed by atoms with E-state index < -0.39 is 11.9 Å². The van der Waals surface area contributed by atoms with Crippen LogP contribution < -0.4 is 10.1 Å². The molecule has 5 aromatic rings. The summed E-state index contributed by atoms with van der Waals surface area (Å²) in [5, 5.41) is 7.02. The number of rotatable bonds is 5. The number of nitrogens with zero attached hydrogens (tertiary/aromatic N) is 6. The first-order valence-electron chi connectivity index (χ1n) is 10.5. The molecule has 0 radical (unpaired) electrons. The highest BCUT2D eigenvalue weighted by Gasteiger charge is 2.16. The molecule has 11 heteroatoms. The second kappa shape index (κ2) is 8.86. The van der Waals surface area contributed by atoms with E-state index in [-0.39, 0.29) is 5.75 Å². The van der Waals surface area contributed by atoms with E-state index in [0.717, 1.165) is 22.5 Å². The van der Waals surface area contributed by atoms with Crippen molar-refractivity contribution < 1.29 is 18.7 Å². The molecule has 0 spiro atoms. The van der Waals surface area contributed by atoms with E-state index in [4.69, 9.17) is 4.74 Å². The van der Waals surface area contributed by atoms with Crippen molar-refractivity contribution in [2.75, 3.05) is 19.5 Å². The topological polar surface area (TPSA) is 108 Å². The summed E-state index contributed by atoms with van der Waals surface area (Å²) >= 11 is 0. The number of methoxy groups -OCH3 is 2. The van der Waals surface area contributed by atoms with Crippen LogP contribution in [-0.4, -0.2) is 49.4 Å². The van der Waals surface area contributed by atoms with Gasteiger partial charge in [-0.2, -0.15) is 5.10 Å². The quantitative estimate of drug-likeness (QED) is 0.406. The molecule has 4 heterocycles. The monoisotopic (exact) mass is 473 g/mol. The lowest BCUT2D eigenvalue weighted by molar-refractivity contribution is 0.187. The van der Waals surface area contributed by atoms with Gasteiger partial charge in [-0.05, 0) is 43.3 Å². The number of carbonyl (C=O) groups is 1. The average molecular weight is 473 g/mol. The number of halogens is 1. The van der Waals surface area contributed by atoms with Crippen LogP contribution in [0, 0.1) is 12.7 Å². The minimum atomic E-state index is -0.595. The van der Waals surface area contributed by atoms with E-state index in [1.807, 2.05) is 28.8 Å². The van der Waals surface area contributed by atoms with Gasteiger partial charge in [0.1, 0.15) is 17.3 Å². The van der Waals surface area contributed by atoms with Crippen LogP contribution in [0.1, 0.15) is 5.82 Å². The number of fused-ring (bicyclic) bond motifs is 1. The van der Waals surface area contributed by atoms with E-state index >= 15 is 0 Å². The van der Waals surface area contributed by atoms with Gasteiger partial charge >= 0.3 is 6.09 Å². The van der Waals surface area contributed by atoms with Gasteiger partial charge in [0, 0.05) is 29.6 Å². The maximum absolute atomic E-state index is 14.0. The molecule has 0 unspecified atom stereocenters. The zero-order valence-electron chi connectivity index (χ0n) is 19.1. The number of hydrogen-bond donors (Lipinski definition) is 1. The number of anilines is 1. The summed E-state index contributed by atoms with van der Waals surface area (Å²) in [6.07, 6.45) is 4.69. The Kier molecular flexibility index (Phi) is 5.57.